The van der Waals surface area contributed by atoms with Gasteiger partial charge in [0.1, 0.15) is 11.6 Å². The van der Waals surface area contributed by atoms with E-state index in [0.717, 1.165) is 15.5 Å². The third-order valence-electron chi connectivity index (χ3n) is 2.76. The molecule has 0 radical (unpaired) electrons. The molecule has 0 amide bonds. The van der Waals surface area contributed by atoms with Gasteiger partial charge in [-0.2, -0.15) is 0 Å². The molecule has 19 heavy (non-hydrogen) atoms. The number of ether oxygens (including phenoxy) is 1. The van der Waals surface area contributed by atoms with Crippen molar-refractivity contribution in [2.45, 2.75) is 16.2 Å². The predicted octanol–water partition coefficient (Wildman–Crippen LogP) is 3.49. The normalized spacial score (nSPS) is 10.5. The molecule has 0 spiro atoms. The Balaban J connectivity index is 2.24. The Morgan fingerprint density at radius 2 is 1.89 bits per heavy atom. The van der Waals surface area contributed by atoms with Crippen LogP contribution >= 0.6 is 11.8 Å². The van der Waals surface area contributed by atoms with Gasteiger partial charge >= 0.3 is 0 Å². The number of methoxy groups -OCH3 is 1. The molecule has 0 heterocycles. The minimum atomic E-state index is -0.191. The molecule has 4 heteroatoms. The first-order valence-corrected chi connectivity index (χ1v) is 6.85. The summed E-state index contributed by atoms with van der Waals surface area (Å²) in [6.07, 6.45) is 0.547. The van der Waals surface area contributed by atoms with Crippen molar-refractivity contribution in [3.05, 3.63) is 53.8 Å². The molecular formula is C15H16FNOS. The van der Waals surface area contributed by atoms with Crippen LogP contribution in [-0.2, 0) is 6.42 Å². The van der Waals surface area contributed by atoms with Gasteiger partial charge in [-0.15, -0.1) is 0 Å². The highest BCUT2D eigenvalue weighted by atomic mass is 32.2. The van der Waals surface area contributed by atoms with Crippen LogP contribution in [0, 0.1) is 5.82 Å². The van der Waals surface area contributed by atoms with E-state index in [2.05, 4.69) is 0 Å². The number of halogens is 1. The number of benzene rings is 2. The summed E-state index contributed by atoms with van der Waals surface area (Å²) < 4.78 is 18.9. The second-order valence-corrected chi connectivity index (χ2v) is 5.15. The van der Waals surface area contributed by atoms with Crippen molar-refractivity contribution in [1.82, 2.24) is 0 Å². The molecule has 2 aromatic carbocycles. The lowest BCUT2D eigenvalue weighted by Gasteiger charge is -2.09. The first-order valence-electron chi connectivity index (χ1n) is 6.04. The van der Waals surface area contributed by atoms with Crippen LogP contribution in [-0.4, -0.2) is 13.7 Å². The van der Waals surface area contributed by atoms with E-state index in [9.17, 15) is 4.39 Å². The van der Waals surface area contributed by atoms with Crippen LogP contribution in [0.15, 0.2) is 52.3 Å². The summed E-state index contributed by atoms with van der Waals surface area (Å²) >= 11 is 1.54. The van der Waals surface area contributed by atoms with Gasteiger partial charge in [0.25, 0.3) is 0 Å². The number of hydrogen-bond acceptors (Lipinski definition) is 3. The van der Waals surface area contributed by atoms with Gasteiger partial charge in [0.2, 0.25) is 0 Å². The average molecular weight is 277 g/mol. The highest BCUT2D eigenvalue weighted by Gasteiger charge is 2.09. The minimum Gasteiger partial charge on any atom is -0.497 e. The summed E-state index contributed by atoms with van der Waals surface area (Å²) in [6.45, 7) is 0.442. The lowest BCUT2D eigenvalue weighted by molar-refractivity contribution is 0.414. The third kappa shape index (κ3) is 3.49. The maximum Gasteiger partial charge on any atom is 0.127 e. The second kappa shape index (κ2) is 6.59. The van der Waals surface area contributed by atoms with Gasteiger partial charge in [0.15, 0.2) is 0 Å². The van der Waals surface area contributed by atoms with Gasteiger partial charge in [-0.05, 0) is 49.4 Å². The van der Waals surface area contributed by atoms with Gasteiger partial charge in [0.05, 0.1) is 7.11 Å². The molecule has 2 N–H and O–H groups in total. The number of hydrogen-bond donors (Lipinski definition) is 1. The lowest BCUT2D eigenvalue weighted by Crippen LogP contribution is -2.05. The molecule has 0 aliphatic heterocycles. The fourth-order valence-electron chi connectivity index (χ4n) is 1.79. The zero-order valence-electron chi connectivity index (χ0n) is 10.7. The highest BCUT2D eigenvalue weighted by molar-refractivity contribution is 7.99. The third-order valence-corrected chi connectivity index (χ3v) is 3.87. The van der Waals surface area contributed by atoms with Crippen LogP contribution in [0.2, 0.25) is 0 Å². The molecule has 0 aromatic heterocycles. The molecule has 0 aliphatic rings. The van der Waals surface area contributed by atoms with Crippen molar-refractivity contribution in [3.63, 3.8) is 0 Å². The van der Waals surface area contributed by atoms with Crippen molar-refractivity contribution in [2.75, 3.05) is 13.7 Å². The summed E-state index contributed by atoms with van der Waals surface area (Å²) in [4.78, 5) is 1.96. The maximum absolute atomic E-state index is 13.8. The van der Waals surface area contributed by atoms with Crippen molar-refractivity contribution in [1.29, 1.82) is 0 Å². The maximum atomic E-state index is 13.8. The molecule has 0 saturated carbocycles. The van der Waals surface area contributed by atoms with Crippen molar-refractivity contribution in [3.8, 4) is 5.75 Å². The summed E-state index contributed by atoms with van der Waals surface area (Å²) in [5, 5.41) is 0. The molecule has 2 rings (SSSR count). The van der Waals surface area contributed by atoms with Crippen LogP contribution in [0.3, 0.4) is 0 Å². The van der Waals surface area contributed by atoms with E-state index in [1.165, 1.54) is 17.8 Å². The van der Waals surface area contributed by atoms with E-state index in [-0.39, 0.29) is 5.82 Å². The molecule has 0 fully saturated rings. The van der Waals surface area contributed by atoms with Crippen LogP contribution in [0.25, 0.3) is 0 Å². The Morgan fingerprint density at radius 1 is 1.16 bits per heavy atom. The lowest BCUT2D eigenvalue weighted by atomic mass is 10.1. The van der Waals surface area contributed by atoms with Gasteiger partial charge in [-0.3, -0.25) is 0 Å². The first-order chi connectivity index (χ1) is 9.24. The van der Waals surface area contributed by atoms with E-state index in [0.29, 0.717) is 18.5 Å². The quantitative estimate of drug-likeness (QED) is 0.908. The summed E-state index contributed by atoms with van der Waals surface area (Å²) in [5.74, 6) is 0.620. The minimum absolute atomic E-state index is 0.191. The van der Waals surface area contributed by atoms with Crippen LogP contribution < -0.4 is 10.5 Å². The number of nitrogens with two attached hydrogens (primary N) is 1. The Labute approximate surface area is 116 Å². The summed E-state index contributed by atoms with van der Waals surface area (Å²) in [6, 6.07) is 12.8. The highest BCUT2D eigenvalue weighted by Crippen LogP contribution is 2.32. The molecule has 0 bridgehead atoms. The SMILES string of the molecule is COc1ccc(Sc2cccc(F)c2CCN)cc1. The van der Waals surface area contributed by atoms with Crippen LogP contribution in [0.1, 0.15) is 5.56 Å². The molecule has 0 aliphatic carbocycles. The second-order valence-electron chi connectivity index (χ2n) is 4.03. The van der Waals surface area contributed by atoms with E-state index >= 15 is 0 Å². The topological polar surface area (TPSA) is 35.2 Å². The summed E-state index contributed by atoms with van der Waals surface area (Å²) in [7, 11) is 1.63. The van der Waals surface area contributed by atoms with Crippen LogP contribution in [0.5, 0.6) is 5.75 Å². The van der Waals surface area contributed by atoms with Crippen LogP contribution in [0.4, 0.5) is 4.39 Å². The fraction of sp³-hybridized carbons (Fsp3) is 0.200. The Morgan fingerprint density at radius 3 is 2.53 bits per heavy atom. The van der Waals surface area contributed by atoms with Gasteiger partial charge in [-0.1, -0.05) is 17.8 Å². The van der Waals surface area contributed by atoms with Gasteiger partial charge in [-0.25, -0.2) is 4.39 Å². The summed E-state index contributed by atoms with van der Waals surface area (Å²) in [5.41, 5.74) is 6.22. The Bertz CT molecular complexity index is 542. The smallest absolute Gasteiger partial charge is 0.127 e. The largest absolute Gasteiger partial charge is 0.497 e. The van der Waals surface area contributed by atoms with Crippen molar-refractivity contribution < 1.29 is 9.13 Å². The van der Waals surface area contributed by atoms with Gasteiger partial charge in [0, 0.05) is 15.4 Å². The molecular weight excluding hydrogens is 261 g/mol. The van der Waals surface area contributed by atoms with Gasteiger partial charge < -0.3 is 10.5 Å². The van der Waals surface area contributed by atoms with Crippen molar-refractivity contribution >= 4 is 11.8 Å². The molecule has 0 atom stereocenters. The predicted molar refractivity (Wildman–Crippen MR) is 76.3 cm³/mol. The Hall–Kier alpha value is -1.52. The Kier molecular flexibility index (Phi) is 4.82. The van der Waals surface area contributed by atoms with E-state index in [1.807, 2.05) is 30.3 Å². The average Bonchev–Trinajstić information content (AvgIpc) is 2.43. The zero-order valence-corrected chi connectivity index (χ0v) is 11.5. The zero-order chi connectivity index (χ0) is 13.7. The van der Waals surface area contributed by atoms with E-state index in [4.69, 9.17) is 10.5 Å². The van der Waals surface area contributed by atoms with E-state index < -0.39 is 0 Å². The molecule has 0 saturated heterocycles. The monoisotopic (exact) mass is 277 g/mol. The number of rotatable bonds is 5. The van der Waals surface area contributed by atoms with Crippen molar-refractivity contribution in [2.24, 2.45) is 5.73 Å². The molecule has 2 aromatic rings. The van der Waals surface area contributed by atoms with E-state index in [1.54, 1.807) is 13.2 Å². The molecule has 100 valence electrons. The first kappa shape index (κ1) is 13.9. The molecule has 0 unspecified atom stereocenters. The molecule has 2 nitrogen and oxygen atoms in total. The standard InChI is InChI=1S/C15H16FNOS/c1-18-11-5-7-12(8-6-11)19-15-4-2-3-14(16)13(15)9-10-17/h2-8H,9-10,17H2,1H3. The fourth-order valence-corrected chi connectivity index (χ4v) is 2.79.